The van der Waals surface area contributed by atoms with Crippen LogP contribution in [0.1, 0.15) is 134 Å². The number of ether oxygens (including phenoxy) is 3. The normalized spacial score (nSPS) is 11.7. The number of H-pyrrole nitrogens is 2. The van der Waals surface area contributed by atoms with Crippen molar-refractivity contribution in [2.45, 2.75) is 156 Å². The van der Waals surface area contributed by atoms with Crippen LogP contribution in [-0.4, -0.2) is 56.3 Å². The highest BCUT2D eigenvalue weighted by molar-refractivity contribution is 5.71. The standard InChI is InChI=1S/C37H58N4O10/c1-4-5-6-7-8-9-10-11-12-13-14-15-16-17-18-19-31(42)49-26-30(51-33(44)21-23-41-25-29(3)35(46)39-37(41)48)27-50-32(43)20-22-40-24-28(2)34(45)38-36(40)47/h24-25,30H,4-23,26-27H2,1-3H3,(H,38,45,47)(H,39,46,48). The smallest absolute Gasteiger partial charge is 0.328 e. The molecule has 0 bridgehead atoms. The summed E-state index contributed by atoms with van der Waals surface area (Å²) in [4.78, 5) is 89.2. The fourth-order valence-corrected chi connectivity index (χ4v) is 5.51. The Bertz CT molecular complexity index is 1590. The minimum atomic E-state index is -1.11. The Morgan fingerprint density at radius 1 is 0.569 bits per heavy atom. The number of carbonyl (C=O) groups excluding carboxylic acids is 3. The first kappa shape index (κ1) is 42.9. The Balaban J connectivity index is 1.74. The second-order valence-electron chi connectivity index (χ2n) is 13.2. The highest BCUT2D eigenvalue weighted by Gasteiger charge is 2.20. The molecule has 0 radical (unpaired) electrons. The van der Waals surface area contributed by atoms with Crippen LogP contribution < -0.4 is 22.5 Å². The predicted octanol–water partition coefficient (Wildman–Crippen LogP) is 4.74. The fraction of sp³-hybridized carbons (Fsp3) is 0.703. The quantitative estimate of drug-likeness (QED) is 0.0742. The summed E-state index contributed by atoms with van der Waals surface area (Å²) in [7, 11) is 0. The molecule has 0 amide bonds. The van der Waals surface area contributed by atoms with Gasteiger partial charge in [-0.15, -0.1) is 0 Å². The van der Waals surface area contributed by atoms with Gasteiger partial charge in [0, 0.05) is 43.0 Å². The minimum absolute atomic E-state index is 0.0542. The van der Waals surface area contributed by atoms with E-state index in [1.54, 1.807) is 0 Å². The molecular formula is C37H58N4O10. The van der Waals surface area contributed by atoms with E-state index >= 15 is 0 Å². The van der Waals surface area contributed by atoms with E-state index in [-0.39, 0.29) is 39.0 Å². The van der Waals surface area contributed by atoms with Gasteiger partial charge in [0.1, 0.15) is 13.2 Å². The summed E-state index contributed by atoms with van der Waals surface area (Å²) < 4.78 is 18.4. The molecule has 2 aromatic heterocycles. The molecule has 0 aliphatic carbocycles. The topological polar surface area (TPSA) is 189 Å². The number of rotatable bonds is 27. The van der Waals surface area contributed by atoms with Gasteiger partial charge < -0.3 is 14.2 Å². The predicted molar refractivity (Wildman–Crippen MR) is 193 cm³/mol. The van der Waals surface area contributed by atoms with E-state index in [4.69, 9.17) is 14.2 Å². The molecule has 1 unspecified atom stereocenters. The first-order valence-corrected chi connectivity index (χ1v) is 18.6. The maximum Gasteiger partial charge on any atom is 0.328 e. The molecule has 2 heterocycles. The third-order valence-electron chi connectivity index (χ3n) is 8.63. The van der Waals surface area contributed by atoms with E-state index < -0.39 is 53.1 Å². The molecule has 1 atom stereocenters. The molecular weight excluding hydrogens is 660 g/mol. The molecule has 0 aromatic carbocycles. The van der Waals surface area contributed by atoms with Crippen molar-refractivity contribution in [2.24, 2.45) is 0 Å². The fourth-order valence-electron chi connectivity index (χ4n) is 5.51. The van der Waals surface area contributed by atoms with Gasteiger partial charge in [0.25, 0.3) is 11.1 Å². The highest BCUT2D eigenvalue weighted by Crippen LogP contribution is 2.14. The zero-order chi connectivity index (χ0) is 37.4. The molecule has 0 spiro atoms. The van der Waals surface area contributed by atoms with Gasteiger partial charge in [-0.05, 0) is 20.3 Å². The van der Waals surface area contributed by atoms with E-state index in [9.17, 15) is 33.6 Å². The first-order valence-electron chi connectivity index (χ1n) is 18.6. The van der Waals surface area contributed by atoms with Crippen molar-refractivity contribution >= 4 is 17.9 Å². The number of hydrogen-bond donors (Lipinski definition) is 2. The van der Waals surface area contributed by atoms with Crippen molar-refractivity contribution in [1.82, 2.24) is 19.1 Å². The SMILES string of the molecule is CCCCCCCCCCCCCCCCCC(=O)OCC(COC(=O)CCn1cc(C)c(=O)[nH]c1=O)OC(=O)CCn1cc(C)c(=O)[nH]c1=O. The number of aromatic amines is 2. The number of aromatic nitrogens is 4. The largest absolute Gasteiger partial charge is 0.462 e. The molecule has 14 heteroatoms. The van der Waals surface area contributed by atoms with Crippen molar-refractivity contribution in [1.29, 1.82) is 0 Å². The zero-order valence-electron chi connectivity index (χ0n) is 30.8. The highest BCUT2D eigenvalue weighted by atomic mass is 16.6. The van der Waals surface area contributed by atoms with Crippen LogP contribution in [0.3, 0.4) is 0 Å². The lowest BCUT2D eigenvalue weighted by Gasteiger charge is -2.18. The van der Waals surface area contributed by atoms with Crippen LogP contribution in [0.15, 0.2) is 31.6 Å². The van der Waals surface area contributed by atoms with Gasteiger partial charge in [-0.25, -0.2) is 9.59 Å². The molecule has 2 aromatic rings. The molecule has 0 saturated carbocycles. The van der Waals surface area contributed by atoms with Crippen molar-refractivity contribution in [3.63, 3.8) is 0 Å². The van der Waals surface area contributed by atoms with E-state index in [1.807, 2.05) is 0 Å². The Labute approximate surface area is 299 Å². The molecule has 14 nitrogen and oxygen atoms in total. The van der Waals surface area contributed by atoms with Gasteiger partial charge in [0.15, 0.2) is 6.10 Å². The number of nitrogens with zero attached hydrogens (tertiary/aromatic N) is 2. The Morgan fingerprint density at radius 2 is 0.941 bits per heavy atom. The summed E-state index contributed by atoms with van der Waals surface area (Å²) in [6.45, 7) is 4.42. The molecule has 51 heavy (non-hydrogen) atoms. The monoisotopic (exact) mass is 718 g/mol. The third-order valence-corrected chi connectivity index (χ3v) is 8.63. The summed E-state index contributed by atoms with van der Waals surface area (Å²) in [6, 6.07) is 0. The van der Waals surface area contributed by atoms with Crippen LogP contribution in [0.25, 0.3) is 0 Å². The van der Waals surface area contributed by atoms with Crippen molar-refractivity contribution in [2.75, 3.05) is 13.2 Å². The maximum absolute atomic E-state index is 12.7. The molecule has 0 aliphatic heterocycles. The first-order chi connectivity index (χ1) is 24.5. The summed E-state index contributed by atoms with van der Waals surface area (Å²) in [6.07, 6.45) is 19.5. The molecule has 0 saturated heterocycles. The van der Waals surface area contributed by atoms with Crippen LogP contribution in [0.2, 0.25) is 0 Å². The summed E-state index contributed by atoms with van der Waals surface area (Å²) in [5.41, 5.74) is -1.77. The lowest BCUT2D eigenvalue weighted by molar-refractivity contribution is -0.167. The number of hydrogen-bond acceptors (Lipinski definition) is 10. The van der Waals surface area contributed by atoms with Crippen molar-refractivity contribution < 1.29 is 28.6 Å². The second kappa shape index (κ2) is 24.8. The van der Waals surface area contributed by atoms with E-state index in [0.717, 1.165) is 19.3 Å². The molecule has 2 N–H and O–H groups in total. The molecule has 0 aliphatic rings. The van der Waals surface area contributed by atoms with E-state index in [2.05, 4.69) is 16.9 Å². The lowest BCUT2D eigenvalue weighted by atomic mass is 10.0. The number of aryl methyl sites for hydroxylation is 4. The lowest BCUT2D eigenvalue weighted by Crippen LogP contribution is -2.34. The maximum atomic E-state index is 12.7. The Hall–Kier alpha value is -4.23. The van der Waals surface area contributed by atoms with Gasteiger partial charge in [0.05, 0.1) is 12.8 Å². The Kier molecular flexibility index (Phi) is 20.9. The van der Waals surface area contributed by atoms with Crippen molar-refractivity contribution in [3.8, 4) is 0 Å². The number of esters is 3. The molecule has 2 rings (SSSR count). The molecule has 286 valence electrons. The van der Waals surface area contributed by atoms with Gasteiger partial charge in [-0.2, -0.15) is 0 Å². The summed E-state index contributed by atoms with van der Waals surface area (Å²) in [5.74, 6) is -1.90. The average Bonchev–Trinajstić information content (AvgIpc) is 3.09. The van der Waals surface area contributed by atoms with Gasteiger partial charge in [0.2, 0.25) is 0 Å². The zero-order valence-corrected chi connectivity index (χ0v) is 30.8. The van der Waals surface area contributed by atoms with E-state index in [1.165, 1.54) is 106 Å². The van der Waals surface area contributed by atoms with Crippen LogP contribution in [0, 0.1) is 13.8 Å². The van der Waals surface area contributed by atoms with Gasteiger partial charge in [-0.3, -0.25) is 43.1 Å². The van der Waals surface area contributed by atoms with Crippen molar-refractivity contribution in [3.05, 3.63) is 65.2 Å². The molecule has 0 fully saturated rings. The Morgan fingerprint density at radius 3 is 1.37 bits per heavy atom. The van der Waals surface area contributed by atoms with Crippen LogP contribution >= 0.6 is 0 Å². The van der Waals surface area contributed by atoms with Gasteiger partial charge in [-0.1, -0.05) is 96.8 Å². The summed E-state index contributed by atoms with van der Waals surface area (Å²) >= 11 is 0. The number of carbonyl (C=O) groups is 3. The third kappa shape index (κ3) is 18.5. The number of nitrogens with one attached hydrogen (secondary N) is 2. The van der Waals surface area contributed by atoms with Crippen LogP contribution in [-0.2, 0) is 41.7 Å². The number of unbranched alkanes of at least 4 members (excludes halogenated alkanes) is 14. The average molecular weight is 719 g/mol. The minimum Gasteiger partial charge on any atom is -0.462 e. The second-order valence-corrected chi connectivity index (χ2v) is 13.2. The summed E-state index contributed by atoms with van der Waals surface area (Å²) in [5, 5.41) is 0. The van der Waals surface area contributed by atoms with Crippen LogP contribution in [0.4, 0.5) is 0 Å². The van der Waals surface area contributed by atoms with E-state index in [0.29, 0.717) is 17.5 Å². The van der Waals surface area contributed by atoms with Gasteiger partial charge >= 0.3 is 29.3 Å². The van der Waals surface area contributed by atoms with Crippen LogP contribution in [0.5, 0.6) is 0 Å².